The van der Waals surface area contributed by atoms with Gasteiger partial charge in [-0.1, -0.05) is 53.9 Å². The van der Waals surface area contributed by atoms with Crippen molar-refractivity contribution < 1.29 is 4.74 Å². The summed E-state index contributed by atoms with van der Waals surface area (Å²) in [5.41, 5.74) is 1.23. The Hall–Kier alpha value is -0.500. The molecule has 0 aliphatic heterocycles. The first-order valence-electron chi connectivity index (χ1n) is 5.15. The van der Waals surface area contributed by atoms with Gasteiger partial charge in [0.15, 0.2) is 0 Å². The molecule has 0 aromatic heterocycles. The fourth-order valence-corrected chi connectivity index (χ4v) is 1.75. The molecule has 1 aromatic carbocycles. The zero-order valence-corrected chi connectivity index (χ0v) is 10.2. The molecule has 1 rings (SSSR count). The van der Waals surface area contributed by atoms with Gasteiger partial charge in [-0.05, 0) is 12.5 Å². The van der Waals surface area contributed by atoms with Gasteiger partial charge < -0.3 is 4.74 Å². The fraction of sp³-hybridized carbons (Fsp3) is 0.500. The maximum atomic E-state index is 5.70. The van der Waals surface area contributed by atoms with Gasteiger partial charge in [0.2, 0.25) is 0 Å². The number of hydrogen-bond acceptors (Lipinski definition) is 1. The summed E-state index contributed by atoms with van der Waals surface area (Å²) in [6.07, 6.45) is 3.63. The van der Waals surface area contributed by atoms with E-state index in [4.69, 9.17) is 4.74 Å². The molecule has 0 spiro atoms. The lowest BCUT2D eigenvalue weighted by atomic mass is 10.2. The second kappa shape index (κ2) is 6.88. The van der Waals surface area contributed by atoms with E-state index in [2.05, 4.69) is 28.9 Å². The molecule has 0 bridgehead atoms. The van der Waals surface area contributed by atoms with Gasteiger partial charge in [-0.25, -0.2) is 0 Å². The van der Waals surface area contributed by atoms with Crippen LogP contribution in [0, 0.1) is 0 Å². The van der Waals surface area contributed by atoms with Crippen molar-refractivity contribution in [3.8, 4) is 5.75 Å². The van der Waals surface area contributed by atoms with Crippen LogP contribution < -0.4 is 4.74 Å². The molecular formula is C12H17BrO. The number of alkyl halides is 1. The fourth-order valence-electron chi connectivity index (χ4n) is 1.29. The van der Waals surface area contributed by atoms with Crippen LogP contribution in [0.4, 0.5) is 0 Å². The highest BCUT2D eigenvalue weighted by Crippen LogP contribution is 2.20. The SMILES string of the molecule is CCCCCOc1ccccc1CBr. The first-order chi connectivity index (χ1) is 6.88. The summed E-state index contributed by atoms with van der Waals surface area (Å²) in [6.45, 7) is 3.03. The second-order valence-corrected chi connectivity index (χ2v) is 3.86. The number of benzene rings is 1. The Kier molecular flexibility index (Phi) is 5.69. The van der Waals surface area contributed by atoms with E-state index in [9.17, 15) is 0 Å². The Balaban J connectivity index is 2.41. The Morgan fingerprint density at radius 2 is 2.00 bits per heavy atom. The molecular weight excluding hydrogens is 240 g/mol. The smallest absolute Gasteiger partial charge is 0.123 e. The van der Waals surface area contributed by atoms with E-state index in [0.29, 0.717) is 0 Å². The molecule has 1 aromatic rings. The highest BCUT2D eigenvalue weighted by Gasteiger charge is 1.99. The van der Waals surface area contributed by atoms with E-state index in [1.54, 1.807) is 0 Å². The van der Waals surface area contributed by atoms with Crippen molar-refractivity contribution in [1.29, 1.82) is 0 Å². The summed E-state index contributed by atoms with van der Waals surface area (Å²) < 4.78 is 5.70. The third-order valence-corrected chi connectivity index (χ3v) is 2.73. The molecule has 0 amide bonds. The van der Waals surface area contributed by atoms with Gasteiger partial charge in [0.05, 0.1) is 6.61 Å². The molecule has 2 heteroatoms. The van der Waals surface area contributed by atoms with Gasteiger partial charge in [0.25, 0.3) is 0 Å². The zero-order chi connectivity index (χ0) is 10.2. The molecule has 0 fully saturated rings. The average Bonchev–Trinajstić information content (AvgIpc) is 2.25. The summed E-state index contributed by atoms with van der Waals surface area (Å²) in [5, 5.41) is 0.858. The van der Waals surface area contributed by atoms with Crippen molar-refractivity contribution in [2.24, 2.45) is 0 Å². The van der Waals surface area contributed by atoms with Crippen LogP contribution in [0.15, 0.2) is 24.3 Å². The van der Waals surface area contributed by atoms with E-state index in [1.807, 2.05) is 18.2 Å². The maximum absolute atomic E-state index is 5.70. The average molecular weight is 257 g/mol. The molecule has 0 radical (unpaired) electrons. The van der Waals surface area contributed by atoms with E-state index in [-0.39, 0.29) is 0 Å². The molecule has 14 heavy (non-hydrogen) atoms. The third kappa shape index (κ3) is 3.70. The van der Waals surface area contributed by atoms with Crippen LogP contribution in [-0.2, 0) is 5.33 Å². The molecule has 0 heterocycles. The number of unbranched alkanes of at least 4 members (excludes halogenated alkanes) is 2. The number of para-hydroxylation sites is 1. The number of halogens is 1. The Morgan fingerprint density at radius 3 is 2.71 bits per heavy atom. The lowest BCUT2D eigenvalue weighted by Gasteiger charge is -2.09. The van der Waals surface area contributed by atoms with Gasteiger partial charge in [0.1, 0.15) is 5.75 Å². The van der Waals surface area contributed by atoms with Crippen molar-refractivity contribution in [1.82, 2.24) is 0 Å². The summed E-state index contributed by atoms with van der Waals surface area (Å²) in [7, 11) is 0. The Morgan fingerprint density at radius 1 is 1.21 bits per heavy atom. The zero-order valence-electron chi connectivity index (χ0n) is 8.63. The Labute approximate surface area is 94.6 Å². The minimum absolute atomic E-state index is 0.831. The van der Waals surface area contributed by atoms with Gasteiger partial charge >= 0.3 is 0 Å². The van der Waals surface area contributed by atoms with Crippen LogP contribution in [-0.4, -0.2) is 6.61 Å². The molecule has 0 atom stereocenters. The lowest BCUT2D eigenvalue weighted by molar-refractivity contribution is 0.304. The van der Waals surface area contributed by atoms with E-state index in [1.165, 1.54) is 18.4 Å². The van der Waals surface area contributed by atoms with Crippen molar-refractivity contribution in [3.05, 3.63) is 29.8 Å². The summed E-state index contributed by atoms with van der Waals surface area (Å²) in [5.74, 6) is 1.01. The van der Waals surface area contributed by atoms with Crippen LogP contribution in [0.1, 0.15) is 31.7 Å². The first kappa shape index (κ1) is 11.6. The molecule has 0 aliphatic rings. The van der Waals surface area contributed by atoms with Gasteiger partial charge in [-0.2, -0.15) is 0 Å². The summed E-state index contributed by atoms with van der Waals surface area (Å²) >= 11 is 3.45. The van der Waals surface area contributed by atoms with Crippen molar-refractivity contribution in [2.45, 2.75) is 31.5 Å². The van der Waals surface area contributed by atoms with E-state index >= 15 is 0 Å². The molecule has 78 valence electrons. The first-order valence-corrected chi connectivity index (χ1v) is 6.27. The third-order valence-electron chi connectivity index (χ3n) is 2.12. The normalized spacial score (nSPS) is 10.1. The van der Waals surface area contributed by atoms with Gasteiger partial charge in [-0.3, -0.25) is 0 Å². The quantitative estimate of drug-likeness (QED) is 0.549. The van der Waals surface area contributed by atoms with Crippen LogP contribution in [0.5, 0.6) is 5.75 Å². The van der Waals surface area contributed by atoms with Gasteiger partial charge in [-0.15, -0.1) is 0 Å². The second-order valence-electron chi connectivity index (χ2n) is 3.30. The highest BCUT2D eigenvalue weighted by molar-refractivity contribution is 9.08. The monoisotopic (exact) mass is 256 g/mol. The molecule has 0 saturated carbocycles. The number of rotatable bonds is 6. The van der Waals surface area contributed by atoms with Crippen molar-refractivity contribution >= 4 is 15.9 Å². The lowest BCUT2D eigenvalue weighted by Crippen LogP contribution is -1.99. The van der Waals surface area contributed by atoms with Crippen LogP contribution in [0.25, 0.3) is 0 Å². The van der Waals surface area contributed by atoms with Crippen molar-refractivity contribution in [2.75, 3.05) is 6.61 Å². The van der Waals surface area contributed by atoms with Gasteiger partial charge in [0, 0.05) is 10.9 Å². The van der Waals surface area contributed by atoms with E-state index < -0.39 is 0 Å². The predicted octanol–water partition coefficient (Wildman–Crippen LogP) is 4.15. The molecule has 0 N–H and O–H groups in total. The molecule has 0 unspecified atom stereocenters. The van der Waals surface area contributed by atoms with Crippen LogP contribution in [0.2, 0.25) is 0 Å². The standard InChI is InChI=1S/C12H17BrO/c1-2-3-6-9-14-12-8-5-4-7-11(12)10-13/h4-5,7-8H,2-3,6,9-10H2,1H3. The topological polar surface area (TPSA) is 9.23 Å². The van der Waals surface area contributed by atoms with E-state index in [0.717, 1.165) is 24.1 Å². The Bertz CT molecular complexity index is 260. The summed E-state index contributed by atoms with van der Waals surface area (Å²) in [6, 6.07) is 8.17. The molecule has 1 nitrogen and oxygen atoms in total. The largest absolute Gasteiger partial charge is 0.493 e. The molecule has 0 saturated heterocycles. The minimum Gasteiger partial charge on any atom is -0.493 e. The predicted molar refractivity (Wildman–Crippen MR) is 64.1 cm³/mol. The minimum atomic E-state index is 0.831. The van der Waals surface area contributed by atoms with Crippen LogP contribution >= 0.6 is 15.9 Å². The summed E-state index contributed by atoms with van der Waals surface area (Å²) in [4.78, 5) is 0. The molecule has 0 aliphatic carbocycles. The highest BCUT2D eigenvalue weighted by atomic mass is 79.9. The maximum Gasteiger partial charge on any atom is 0.123 e. The number of hydrogen-bond donors (Lipinski definition) is 0. The van der Waals surface area contributed by atoms with Crippen molar-refractivity contribution in [3.63, 3.8) is 0 Å². The van der Waals surface area contributed by atoms with Crippen LogP contribution in [0.3, 0.4) is 0 Å². The number of ether oxygens (including phenoxy) is 1.